The van der Waals surface area contributed by atoms with Crippen molar-refractivity contribution in [3.63, 3.8) is 0 Å². The molecule has 0 fully saturated rings. The number of rotatable bonds is 6. The third kappa shape index (κ3) is 4.34. The zero-order valence-corrected chi connectivity index (χ0v) is 9.07. The third-order valence-corrected chi connectivity index (χ3v) is 2.56. The van der Waals surface area contributed by atoms with Gasteiger partial charge in [0.1, 0.15) is 0 Å². The Labute approximate surface area is 92.6 Å². The number of nitrogens with one attached hydrogen (secondary N) is 1. The minimum absolute atomic E-state index is 0.561. The van der Waals surface area contributed by atoms with Crippen LogP contribution in [0.15, 0.2) is 41.8 Å². The topological polar surface area (TPSA) is 12.0 Å². The Hall–Kier alpha value is -1.03. The molecular formula is C11H13F2NS. The predicted molar refractivity (Wildman–Crippen MR) is 61.6 cm³/mol. The molecule has 1 aromatic rings. The van der Waals surface area contributed by atoms with E-state index >= 15 is 0 Å². The Morgan fingerprint density at radius 1 is 1.40 bits per heavy atom. The molecule has 0 atom stereocenters. The van der Waals surface area contributed by atoms with Crippen molar-refractivity contribution in [2.24, 2.45) is 0 Å². The summed E-state index contributed by atoms with van der Waals surface area (Å²) in [5.41, 5.74) is 0.754. The van der Waals surface area contributed by atoms with Gasteiger partial charge in [-0.2, -0.15) is 8.78 Å². The van der Waals surface area contributed by atoms with Crippen LogP contribution in [-0.4, -0.2) is 12.3 Å². The van der Waals surface area contributed by atoms with Crippen molar-refractivity contribution in [3.05, 3.63) is 36.9 Å². The van der Waals surface area contributed by atoms with Gasteiger partial charge in [0.25, 0.3) is 5.76 Å². The molecule has 15 heavy (non-hydrogen) atoms. The molecule has 0 saturated carbocycles. The molecule has 0 heterocycles. The van der Waals surface area contributed by atoms with Crippen LogP contribution in [0.2, 0.25) is 0 Å². The summed E-state index contributed by atoms with van der Waals surface area (Å²) in [5.74, 6) is -2.38. The molecule has 1 aromatic carbocycles. The summed E-state index contributed by atoms with van der Waals surface area (Å²) in [7, 11) is 0. The van der Waals surface area contributed by atoms with Gasteiger partial charge in [-0.15, -0.1) is 6.58 Å². The van der Waals surface area contributed by atoms with Crippen molar-refractivity contribution >= 4 is 17.4 Å². The first-order chi connectivity index (χ1) is 7.24. The minimum Gasteiger partial charge on any atom is -0.384 e. The molecule has 1 N–H and O–H groups in total. The van der Waals surface area contributed by atoms with E-state index in [0.717, 1.165) is 12.1 Å². The molecule has 0 amide bonds. The molecule has 0 aliphatic heterocycles. The third-order valence-electron chi connectivity index (χ3n) is 1.77. The van der Waals surface area contributed by atoms with Gasteiger partial charge in [0, 0.05) is 17.1 Å². The molecule has 1 rings (SSSR count). The quantitative estimate of drug-likeness (QED) is 0.449. The zero-order chi connectivity index (χ0) is 11.1. The average molecular weight is 229 g/mol. The van der Waals surface area contributed by atoms with Gasteiger partial charge < -0.3 is 5.32 Å². The first-order valence-corrected chi connectivity index (χ1v) is 5.50. The van der Waals surface area contributed by atoms with Gasteiger partial charge in [-0.05, 0) is 18.6 Å². The maximum Gasteiger partial charge on any atom is 0.288 e. The molecule has 0 saturated heterocycles. The van der Waals surface area contributed by atoms with E-state index in [0.29, 0.717) is 23.2 Å². The molecule has 0 aliphatic carbocycles. The summed E-state index contributed by atoms with van der Waals surface area (Å²) in [4.78, 5) is 0.580. The summed E-state index contributed by atoms with van der Waals surface area (Å²) in [6.07, 6.45) is 2.60. The highest BCUT2D eigenvalue weighted by Gasteiger charge is 2.08. The van der Waals surface area contributed by atoms with Crippen LogP contribution in [0, 0.1) is 0 Å². The Kier molecular flexibility index (Phi) is 5.18. The number of halogens is 2. The summed E-state index contributed by atoms with van der Waals surface area (Å²) < 4.78 is 24.4. The van der Waals surface area contributed by atoms with Crippen molar-refractivity contribution < 1.29 is 8.78 Å². The normalized spacial score (nSPS) is 10.3. The number of benzene rings is 1. The molecule has 1 nitrogen and oxygen atoms in total. The number of hydrogen-bond acceptors (Lipinski definition) is 2. The van der Waals surface area contributed by atoms with Crippen molar-refractivity contribution in [1.29, 1.82) is 0 Å². The summed E-state index contributed by atoms with van der Waals surface area (Å²) >= 11 is 0.561. The van der Waals surface area contributed by atoms with Crippen molar-refractivity contribution in [3.8, 4) is 0 Å². The van der Waals surface area contributed by atoms with Gasteiger partial charge in [0.15, 0.2) is 0 Å². The fourth-order valence-electron chi connectivity index (χ4n) is 1.12. The zero-order valence-electron chi connectivity index (χ0n) is 8.25. The SMILES string of the molecule is C=CCCNc1ccccc1SC(F)F. The summed E-state index contributed by atoms with van der Waals surface area (Å²) in [5, 5.41) is 3.09. The maximum atomic E-state index is 12.2. The lowest BCUT2D eigenvalue weighted by molar-refractivity contribution is 0.252. The van der Waals surface area contributed by atoms with E-state index in [2.05, 4.69) is 11.9 Å². The van der Waals surface area contributed by atoms with Crippen LogP contribution in [0.1, 0.15) is 6.42 Å². The standard InChI is InChI=1S/C11H13F2NS/c1-2-3-8-14-9-6-4-5-7-10(9)15-11(12)13/h2,4-7,11,14H,1,3,8H2. The molecule has 4 heteroatoms. The van der Waals surface area contributed by atoms with Gasteiger partial charge in [0.2, 0.25) is 0 Å². The van der Waals surface area contributed by atoms with Crippen molar-refractivity contribution in [1.82, 2.24) is 0 Å². The molecule has 0 unspecified atom stereocenters. The van der Waals surface area contributed by atoms with Crippen LogP contribution >= 0.6 is 11.8 Å². The van der Waals surface area contributed by atoms with Gasteiger partial charge in [-0.25, -0.2) is 0 Å². The van der Waals surface area contributed by atoms with Crippen LogP contribution in [0.3, 0.4) is 0 Å². The van der Waals surface area contributed by atoms with E-state index in [1.165, 1.54) is 0 Å². The molecule has 0 bridgehead atoms. The lowest BCUT2D eigenvalue weighted by atomic mass is 10.3. The largest absolute Gasteiger partial charge is 0.384 e. The van der Waals surface area contributed by atoms with Gasteiger partial charge in [0.05, 0.1) is 0 Å². The van der Waals surface area contributed by atoms with Crippen LogP contribution < -0.4 is 5.32 Å². The lowest BCUT2D eigenvalue weighted by Crippen LogP contribution is -2.01. The second-order valence-electron chi connectivity index (χ2n) is 2.88. The average Bonchev–Trinajstić information content (AvgIpc) is 2.20. The second kappa shape index (κ2) is 6.45. The summed E-state index contributed by atoms with van der Waals surface area (Å²) in [6, 6.07) is 7.07. The molecule has 0 aliphatic rings. The van der Waals surface area contributed by atoms with Crippen molar-refractivity contribution in [2.75, 3.05) is 11.9 Å². The molecule has 82 valence electrons. The molecule has 0 radical (unpaired) electrons. The van der Waals surface area contributed by atoms with Crippen LogP contribution in [0.25, 0.3) is 0 Å². The van der Waals surface area contributed by atoms with Gasteiger partial charge >= 0.3 is 0 Å². The molecule has 0 aromatic heterocycles. The highest BCUT2D eigenvalue weighted by molar-refractivity contribution is 7.99. The highest BCUT2D eigenvalue weighted by atomic mass is 32.2. The Morgan fingerprint density at radius 2 is 2.13 bits per heavy atom. The monoisotopic (exact) mass is 229 g/mol. The fourth-order valence-corrected chi connectivity index (χ4v) is 1.74. The molecule has 0 spiro atoms. The van der Waals surface area contributed by atoms with E-state index in [1.54, 1.807) is 24.3 Å². The number of thioether (sulfide) groups is 1. The Bertz CT molecular complexity index is 315. The van der Waals surface area contributed by atoms with E-state index in [1.807, 2.05) is 6.07 Å². The van der Waals surface area contributed by atoms with E-state index in [-0.39, 0.29) is 0 Å². The first kappa shape index (κ1) is 12.0. The first-order valence-electron chi connectivity index (χ1n) is 4.62. The van der Waals surface area contributed by atoms with E-state index < -0.39 is 5.76 Å². The minimum atomic E-state index is -2.38. The van der Waals surface area contributed by atoms with Crippen LogP contribution in [-0.2, 0) is 0 Å². The smallest absolute Gasteiger partial charge is 0.288 e. The lowest BCUT2D eigenvalue weighted by Gasteiger charge is -2.10. The number of alkyl halides is 2. The Morgan fingerprint density at radius 3 is 2.80 bits per heavy atom. The van der Waals surface area contributed by atoms with E-state index in [4.69, 9.17) is 0 Å². The van der Waals surface area contributed by atoms with Crippen molar-refractivity contribution in [2.45, 2.75) is 17.1 Å². The second-order valence-corrected chi connectivity index (χ2v) is 3.91. The number of hydrogen-bond donors (Lipinski definition) is 1. The fraction of sp³-hybridized carbons (Fsp3) is 0.273. The van der Waals surface area contributed by atoms with Gasteiger partial charge in [-0.3, -0.25) is 0 Å². The van der Waals surface area contributed by atoms with Gasteiger partial charge in [-0.1, -0.05) is 30.0 Å². The highest BCUT2D eigenvalue weighted by Crippen LogP contribution is 2.31. The van der Waals surface area contributed by atoms with Crippen LogP contribution in [0.5, 0.6) is 0 Å². The number of anilines is 1. The maximum absolute atomic E-state index is 12.2. The number of para-hydroxylation sites is 1. The summed E-state index contributed by atoms with van der Waals surface area (Å²) in [6.45, 7) is 4.31. The molecular weight excluding hydrogens is 216 g/mol. The predicted octanol–water partition coefficient (Wildman–Crippen LogP) is 3.99. The van der Waals surface area contributed by atoms with E-state index in [9.17, 15) is 8.78 Å². The van der Waals surface area contributed by atoms with Crippen LogP contribution in [0.4, 0.5) is 14.5 Å². The Balaban J connectivity index is 2.63.